The molecule has 0 bridgehead atoms. The molecule has 0 radical (unpaired) electrons. The molecule has 21 heavy (non-hydrogen) atoms. The molecule has 1 aromatic rings. The second-order valence-electron chi connectivity index (χ2n) is 6.39. The van der Waals surface area contributed by atoms with E-state index in [1.165, 1.54) is 0 Å². The third-order valence-corrected chi connectivity index (χ3v) is 3.48. The van der Waals surface area contributed by atoms with Crippen LogP contribution in [0.15, 0.2) is 12.4 Å². The summed E-state index contributed by atoms with van der Waals surface area (Å²) >= 11 is 0. The molecule has 1 fully saturated rings. The first-order valence-electron chi connectivity index (χ1n) is 7.51. The Morgan fingerprint density at radius 2 is 1.86 bits per heavy atom. The zero-order chi connectivity index (χ0) is 15.5. The van der Waals surface area contributed by atoms with E-state index in [-0.39, 0.29) is 11.4 Å². The van der Waals surface area contributed by atoms with Crippen molar-refractivity contribution in [1.82, 2.24) is 19.8 Å². The monoisotopic (exact) mass is 291 g/mol. The summed E-state index contributed by atoms with van der Waals surface area (Å²) in [5, 5.41) is 3.24. The molecule has 0 unspecified atom stereocenters. The second kappa shape index (κ2) is 6.39. The summed E-state index contributed by atoms with van der Waals surface area (Å²) in [5.74, 6) is 0.662. The van der Waals surface area contributed by atoms with E-state index in [0.29, 0.717) is 11.5 Å². The third-order valence-electron chi connectivity index (χ3n) is 3.48. The molecule has 1 aliphatic heterocycles. The molecule has 1 N–H and O–H groups in total. The Labute approximate surface area is 126 Å². The zero-order valence-electron chi connectivity index (χ0n) is 13.4. The van der Waals surface area contributed by atoms with Gasteiger partial charge in [-0.3, -0.25) is 4.79 Å². The maximum atomic E-state index is 12.4. The molecule has 1 aliphatic rings. The SMILES string of the molecule is CCN1CCN(C(=O)c2cnc(NC(C)(C)C)cn2)CC1. The molecule has 2 rings (SSSR count). The average molecular weight is 291 g/mol. The Bertz CT molecular complexity index is 472. The number of nitrogens with one attached hydrogen (secondary N) is 1. The van der Waals surface area contributed by atoms with Crippen LogP contribution in [-0.2, 0) is 0 Å². The molecule has 0 atom stereocenters. The Morgan fingerprint density at radius 3 is 2.33 bits per heavy atom. The fraction of sp³-hybridized carbons (Fsp3) is 0.667. The van der Waals surface area contributed by atoms with Crippen molar-refractivity contribution in [2.45, 2.75) is 33.2 Å². The van der Waals surface area contributed by atoms with Gasteiger partial charge in [-0.2, -0.15) is 0 Å². The van der Waals surface area contributed by atoms with Crippen molar-refractivity contribution in [2.24, 2.45) is 0 Å². The van der Waals surface area contributed by atoms with Crippen molar-refractivity contribution in [3.63, 3.8) is 0 Å². The van der Waals surface area contributed by atoms with Crippen LogP contribution < -0.4 is 5.32 Å². The number of anilines is 1. The van der Waals surface area contributed by atoms with Gasteiger partial charge in [0, 0.05) is 31.7 Å². The summed E-state index contributed by atoms with van der Waals surface area (Å²) in [6, 6.07) is 0. The number of hydrogen-bond donors (Lipinski definition) is 1. The van der Waals surface area contributed by atoms with E-state index < -0.39 is 0 Å². The molecule has 2 heterocycles. The highest BCUT2D eigenvalue weighted by atomic mass is 16.2. The van der Waals surface area contributed by atoms with Crippen LogP contribution in [0.3, 0.4) is 0 Å². The number of nitrogens with zero attached hydrogens (tertiary/aromatic N) is 4. The lowest BCUT2D eigenvalue weighted by Crippen LogP contribution is -2.48. The molecule has 1 aromatic heterocycles. The van der Waals surface area contributed by atoms with Crippen molar-refractivity contribution < 1.29 is 4.79 Å². The first kappa shape index (κ1) is 15.7. The van der Waals surface area contributed by atoms with Gasteiger partial charge < -0.3 is 15.1 Å². The van der Waals surface area contributed by atoms with Crippen LogP contribution in [0.25, 0.3) is 0 Å². The summed E-state index contributed by atoms with van der Waals surface area (Å²) in [6.07, 6.45) is 3.18. The molecular formula is C15H25N5O. The van der Waals surface area contributed by atoms with Crippen LogP contribution in [0.4, 0.5) is 5.82 Å². The van der Waals surface area contributed by atoms with E-state index in [1.54, 1.807) is 12.4 Å². The minimum atomic E-state index is -0.0727. The van der Waals surface area contributed by atoms with Gasteiger partial charge in [0.1, 0.15) is 11.5 Å². The minimum Gasteiger partial charge on any atom is -0.364 e. The molecule has 0 aliphatic carbocycles. The molecule has 0 spiro atoms. The standard InChI is InChI=1S/C15H25N5O/c1-5-19-6-8-20(9-7-19)14(21)12-10-17-13(11-16-12)18-15(2,3)4/h10-11H,5-9H2,1-4H3,(H,17,18). The van der Waals surface area contributed by atoms with Gasteiger partial charge >= 0.3 is 0 Å². The van der Waals surface area contributed by atoms with Crippen molar-refractivity contribution in [1.29, 1.82) is 0 Å². The molecule has 6 heteroatoms. The normalized spacial score (nSPS) is 16.9. The third kappa shape index (κ3) is 4.39. The summed E-state index contributed by atoms with van der Waals surface area (Å²) < 4.78 is 0. The van der Waals surface area contributed by atoms with Gasteiger partial charge in [0.15, 0.2) is 0 Å². The topological polar surface area (TPSA) is 61.4 Å². The summed E-state index contributed by atoms with van der Waals surface area (Å²) in [5.41, 5.74) is 0.343. The van der Waals surface area contributed by atoms with Crippen LogP contribution in [-0.4, -0.2) is 63.9 Å². The Kier molecular flexibility index (Phi) is 4.77. The molecular weight excluding hydrogens is 266 g/mol. The average Bonchev–Trinajstić information content (AvgIpc) is 2.46. The van der Waals surface area contributed by atoms with Crippen LogP contribution in [0.5, 0.6) is 0 Å². The van der Waals surface area contributed by atoms with Gasteiger partial charge in [0.2, 0.25) is 0 Å². The van der Waals surface area contributed by atoms with E-state index >= 15 is 0 Å². The molecule has 1 saturated heterocycles. The van der Waals surface area contributed by atoms with Crippen LogP contribution >= 0.6 is 0 Å². The van der Waals surface area contributed by atoms with Crippen LogP contribution in [0.1, 0.15) is 38.2 Å². The van der Waals surface area contributed by atoms with Crippen molar-refractivity contribution in [2.75, 3.05) is 38.0 Å². The van der Waals surface area contributed by atoms with Gasteiger partial charge in [-0.15, -0.1) is 0 Å². The molecule has 116 valence electrons. The van der Waals surface area contributed by atoms with Crippen molar-refractivity contribution >= 4 is 11.7 Å². The highest BCUT2D eigenvalue weighted by molar-refractivity contribution is 5.92. The maximum absolute atomic E-state index is 12.4. The number of hydrogen-bond acceptors (Lipinski definition) is 5. The highest BCUT2D eigenvalue weighted by Crippen LogP contribution is 2.12. The zero-order valence-corrected chi connectivity index (χ0v) is 13.4. The van der Waals surface area contributed by atoms with Crippen molar-refractivity contribution in [3.8, 4) is 0 Å². The number of rotatable bonds is 3. The predicted molar refractivity (Wildman–Crippen MR) is 83.4 cm³/mol. The van der Waals surface area contributed by atoms with Gasteiger partial charge in [0.25, 0.3) is 5.91 Å². The van der Waals surface area contributed by atoms with E-state index in [2.05, 4.69) is 47.9 Å². The number of amides is 1. The van der Waals surface area contributed by atoms with E-state index in [0.717, 1.165) is 32.7 Å². The Balaban J connectivity index is 1.97. The lowest BCUT2D eigenvalue weighted by atomic mass is 10.1. The quantitative estimate of drug-likeness (QED) is 0.913. The van der Waals surface area contributed by atoms with E-state index in [4.69, 9.17) is 0 Å². The molecule has 0 saturated carbocycles. The molecule has 1 amide bonds. The van der Waals surface area contributed by atoms with Crippen LogP contribution in [0.2, 0.25) is 0 Å². The Morgan fingerprint density at radius 1 is 1.19 bits per heavy atom. The van der Waals surface area contributed by atoms with E-state index in [9.17, 15) is 4.79 Å². The van der Waals surface area contributed by atoms with Gasteiger partial charge in [-0.25, -0.2) is 9.97 Å². The van der Waals surface area contributed by atoms with Gasteiger partial charge in [-0.1, -0.05) is 6.92 Å². The Hall–Kier alpha value is -1.69. The second-order valence-corrected chi connectivity index (χ2v) is 6.39. The summed E-state index contributed by atoms with van der Waals surface area (Å²) in [4.78, 5) is 25.1. The smallest absolute Gasteiger partial charge is 0.274 e. The fourth-order valence-corrected chi connectivity index (χ4v) is 2.32. The molecule has 0 aromatic carbocycles. The lowest BCUT2D eigenvalue weighted by Gasteiger charge is -2.33. The van der Waals surface area contributed by atoms with Crippen molar-refractivity contribution in [3.05, 3.63) is 18.1 Å². The number of aromatic nitrogens is 2. The fourth-order valence-electron chi connectivity index (χ4n) is 2.32. The summed E-state index contributed by atoms with van der Waals surface area (Å²) in [6.45, 7) is 12.7. The number of likely N-dealkylation sites (N-methyl/N-ethyl adjacent to an activating group) is 1. The minimum absolute atomic E-state index is 0.0273. The largest absolute Gasteiger partial charge is 0.364 e. The first-order valence-corrected chi connectivity index (χ1v) is 7.51. The predicted octanol–water partition coefficient (Wildman–Crippen LogP) is 1.46. The van der Waals surface area contributed by atoms with Gasteiger partial charge in [-0.05, 0) is 27.3 Å². The summed E-state index contributed by atoms with van der Waals surface area (Å²) in [7, 11) is 0. The lowest BCUT2D eigenvalue weighted by molar-refractivity contribution is 0.0637. The number of piperazine rings is 1. The number of carbonyl (C=O) groups excluding carboxylic acids is 1. The van der Waals surface area contributed by atoms with E-state index in [1.807, 2.05) is 4.90 Å². The number of carbonyl (C=O) groups is 1. The maximum Gasteiger partial charge on any atom is 0.274 e. The highest BCUT2D eigenvalue weighted by Gasteiger charge is 2.22. The van der Waals surface area contributed by atoms with Crippen LogP contribution in [0, 0.1) is 0 Å². The molecule has 6 nitrogen and oxygen atoms in total. The van der Waals surface area contributed by atoms with Gasteiger partial charge in [0.05, 0.1) is 12.4 Å². The first-order chi connectivity index (χ1) is 9.89.